The van der Waals surface area contributed by atoms with Gasteiger partial charge in [-0.05, 0) is 38.8 Å². The predicted molar refractivity (Wildman–Crippen MR) is 80.9 cm³/mol. The van der Waals surface area contributed by atoms with Gasteiger partial charge in [0, 0.05) is 31.2 Å². The molecule has 0 aromatic carbocycles. The number of nitrogens with zero attached hydrogens (tertiary/aromatic N) is 4. The molecule has 1 fully saturated rings. The van der Waals surface area contributed by atoms with Gasteiger partial charge < -0.3 is 10.6 Å². The van der Waals surface area contributed by atoms with Crippen LogP contribution in [0.25, 0.3) is 11.0 Å². The second kappa shape index (κ2) is 5.11. The standard InChI is InChI=1S/C15H21N5O/c1-9-4-11(6-16)8-20(9)15(21)12-5-13-10(2)18-19(3)14(13)17-7-12/h5,7,9,11H,4,6,8,16H2,1-3H3. The molecule has 0 spiro atoms. The molecule has 1 aliphatic heterocycles. The van der Waals surface area contributed by atoms with Crippen molar-refractivity contribution in [3.8, 4) is 0 Å². The average Bonchev–Trinajstić information content (AvgIpc) is 2.99. The summed E-state index contributed by atoms with van der Waals surface area (Å²) in [6, 6.07) is 2.13. The summed E-state index contributed by atoms with van der Waals surface area (Å²) in [5.74, 6) is 0.442. The molecular weight excluding hydrogens is 266 g/mol. The third-order valence-corrected chi connectivity index (χ3v) is 4.37. The number of aromatic nitrogens is 3. The van der Waals surface area contributed by atoms with Gasteiger partial charge in [-0.15, -0.1) is 0 Å². The first kappa shape index (κ1) is 14.0. The lowest BCUT2D eigenvalue weighted by Gasteiger charge is -2.21. The van der Waals surface area contributed by atoms with Crippen LogP contribution >= 0.6 is 0 Å². The molecule has 2 unspecified atom stereocenters. The van der Waals surface area contributed by atoms with Crippen LogP contribution in [-0.4, -0.2) is 44.7 Å². The summed E-state index contributed by atoms with van der Waals surface area (Å²) in [6.45, 7) is 5.38. The minimum atomic E-state index is 0.0381. The number of likely N-dealkylation sites (tertiary alicyclic amines) is 1. The molecule has 112 valence electrons. The maximum absolute atomic E-state index is 12.7. The topological polar surface area (TPSA) is 77.0 Å². The molecule has 6 heteroatoms. The fourth-order valence-corrected chi connectivity index (χ4v) is 3.19. The molecule has 0 radical (unpaired) electrons. The molecule has 0 aliphatic carbocycles. The maximum Gasteiger partial charge on any atom is 0.255 e. The van der Waals surface area contributed by atoms with Gasteiger partial charge in [0.25, 0.3) is 5.91 Å². The highest BCUT2D eigenvalue weighted by Gasteiger charge is 2.32. The van der Waals surface area contributed by atoms with E-state index < -0.39 is 0 Å². The number of amides is 1. The smallest absolute Gasteiger partial charge is 0.255 e. The maximum atomic E-state index is 12.7. The zero-order valence-electron chi connectivity index (χ0n) is 12.7. The zero-order chi connectivity index (χ0) is 15.1. The summed E-state index contributed by atoms with van der Waals surface area (Å²) in [5, 5.41) is 5.28. The van der Waals surface area contributed by atoms with Crippen molar-refractivity contribution >= 4 is 16.9 Å². The molecule has 3 heterocycles. The van der Waals surface area contributed by atoms with Crippen LogP contribution in [0, 0.1) is 12.8 Å². The highest BCUT2D eigenvalue weighted by Crippen LogP contribution is 2.25. The molecule has 2 atom stereocenters. The summed E-state index contributed by atoms with van der Waals surface area (Å²) in [6.07, 6.45) is 2.62. The van der Waals surface area contributed by atoms with Crippen LogP contribution in [-0.2, 0) is 7.05 Å². The average molecular weight is 287 g/mol. The van der Waals surface area contributed by atoms with Crippen LogP contribution in [0.1, 0.15) is 29.4 Å². The number of carbonyl (C=O) groups is 1. The number of hydrogen-bond acceptors (Lipinski definition) is 4. The van der Waals surface area contributed by atoms with E-state index in [1.165, 1.54) is 0 Å². The van der Waals surface area contributed by atoms with E-state index >= 15 is 0 Å². The fourth-order valence-electron chi connectivity index (χ4n) is 3.19. The number of pyridine rings is 1. The van der Waals surface area contributed by atoms with Gasteiger partial charge in [-0.25, -0.2) is 4.98 Å². The van der Waals surface area contributed by atoms with Crippen LogP contribution in [0.5, 0.6) is 0 Å². The Kier molecular flexibility index (Phi) is 3.41. The van der Waals surface area contributed by atoms with Gasteiger partial charge in [0.2, 0.25) is 0 Å². The van der Waals surface area contributed by atoms with Crippen LogP contribution in [0.4, 0.5) is 0 Å². The predicted octanol–water partition coefficient (Wildman–Crippen LogP) is 1.09. The lowest BCUT2D eigenvalue weighted by Crippen LogP contribution is -2.34. The highest BCUT2D eigenvalue weighted by molar-refractivity contribution is 5.97. The SMILES string of the molecule is Cc1nn(C)c2ncc(C(=O)N3CC(CN)CC3C)cc12. The molecule has 1 saturated heterocycles. The van der Waals surface area contributed by atoms with E-state index in [4.69, 9.17) is 5.73 Å². The van der Waals surface area contributed by atoms with Crippen molar-refractivity contribution in [2.24, 2.45) is 18.7 Å². The molecule has 1 amide bonds. The van der Waals surface area contributed by atoms with E-state index in [1.807, 2.05) is 24.9 Å². The Hall–Kier alpha value is -1.95. The van der Waals surface area contributed by atoms with Crippen molar-refractivity contribution in [3.05, 3.63) is 23.5 Å². The molecule has 2 aromatic rings. The lowest BCUT2D eigenvalue weighted by atomic mass is 10.1. The molecule has 2 aromatic heterocycles. The van der Waals surface area contributed by atoms with E-state index in [1.54, 1.807) is 10.9 Å². The quantitative estimate of drug-likeness (QED) is 0.897. The molecule has 0 bridgehead atoms. The first-order chi connectivity index (χ1) is 10.0. The minimum absolute atomic E-state index is 0.0381. The normalized spacial score (nSPS) is 22.2. The highest BCUT2D eigenvalue weighted by atomic mass is 16.2. The number of rotatable bonds is 2. The Morgan fingerprint density at radius 3 is 2.95 bits per heavy atom. The van der Waals surface area contributed by atoms with Gasteiger partial charge >= 0.3 is 0 Å². The monoisotopic (exact) mass is 287 g/mol. The molecule has 6 nitrogen and oxygen atoms in total. The Morgan fingerprint density at radius 1 is 1.52 bits per heavy atom. The Morgan fingerprint density at radius 2 is 2.29 bits per heavy atom. The first-order valence-corrected chi connectivity index (χ1v) is 7.31. The zero-order valence-corrected chi connectivity index (χ0v) is 12.7. The fraction of sp³-hybridized carbons (Fsp3) is 0.533. The van der Waals surface area contributed by atoms with Gasteiger partial charge in [0.05, 0.1) is 11.3 Å². The van der Waals surface area contributed by atoms with Crippen LogP contribution < -0.4 is 5.73 Å². The van der Waals surface area contributed by atoms with Crippen molar-refractivity contribution in [1.29, 1.82) is 0 Å². The number of aryl methyl sites for hydroxylation is 2. The Labute approximate surface area is 123 Å². The molecule has 1 aliphatic rings. The first-order valence-electron chi connectivity index (χ1n) is 7.31. The summed E-state index contributed by atoms with van der Waals surface area (Å²) in [5.41, 5.74) is 8.06. The van der Waals surface area contributed by atoms with E-state index in [-0.39, 0.29) is 11.9 Å². The third kappa shape index (κ3) is 2.29. The van der Waals surface area contributed by atoms with Crippen molar-refractivity contribution in [2.75, 3.05) is 13.1 Å². The van der Waals surface area contributed by atoms with Crippen molar-refractivity contribution < 1.29 is 4.79 Å². The van der Waals surface area contributed by atoms with Crippen LogP contribution in [0.3, 0.4) is 0 Å². The number of carbonyl (C=O) groups excluding carboxylic acids is 1. The van der Waals surface area contributed by atoms with Crippen molar-refractivity contribution in [1.82, 2.24) is 19.7 Å². The molecule has 21 heavy (non-hydrogen) atoms. The van der Waals surface area contributed by atoms with Crippen LogP contribution in [0.15, 0.2) is 12.3 Å². The Balaban J connectivity index is 1.93. The van der Waals surface area contributed by atoms with Gasteiger partial charge in [-0.3, -0.25) is 9.48 Å². The molecular formula is C15H21N5O. The van der Waals surface area contributed by atoms with E-state index in [0.29, 0.717) is 18.0 Å². The molecule has 3 rings (SSSR count). The third-order valence-electron chi connectivity index (χ3n) is 4.37. The number of nitrogens with two attached hydrogens (primary N) is 1. The minimum Gasteiger partial charge on any atom is -0.336 e. The number of fused-ring (bicyclic) bond motifs is 1. The van der Waals surface area contributed by atoms with Gasteiger partial charge in [-0.1, -0.05) is 0 Å². The van der Waals surface area contributed by atoms with Gasteiger partial charge in [0.1, 0.15) is 0 Å². The molecule has 2 N–H and O–H groups in total. The van der Waals surface area contributed by atoms with E-state index in [2.05, 4.69) is 17.0 Å². The molecule has 0 saturated carbocycles. The van der Waals surface area contributed by atoms with Crippen LogP contribution in [0.2, 0.25) is 0 Å². The summed E-state index contributed by atoms with van der Waals surface area (Å²) < 4.78 is 1.74. The second-order valence-electron chi connectivity index (χ2n) is 5.95. The van der Waals surface area contributed by atoms with Crippen molar-refractivity contribution in [3.63, 3.8) is 0 Å². The number of hydrogen-bond donors (Lipinski definition) is 1. The van der Waals surface area contributed by atoms with E-state index in [9.17, 15) is 4.79 Å². The summed E-state index contributed by atoms with van der Waals surface area (Å²) >= 11 is 0. The Bertz CT molecular complexity index is 693. The second-order valence-corrected chi connectivity index (χ2v) is 5.95. The van der Waals surface area contributed by atoms with Gasteiger partial charge in [0.15, 0.2) is 5.65 Å². The summed E-state index contributed by atoms with van der Waals surface area (Å²) in [4.78, 5) is 19.0. The summed E-state index contributed by atoms with van der Waals surface area (Å²) in [7, 11) is 1.86. The van der Waals surface area contributed by atoms with Gasteiger partial charge in [-0.2, -0.15) is 5.10 Å². The lowest BCUT2D eigenvalue weighted by molar-refractivity contribution is 0.0743. The largest absolute Gasteiger partial charge is 0.336 e. The van der Waals surface area contributed by atoms with Crippen molar-refractivity contribution in [2.45, 2.75) is 26.3 Å². The van der Waals surface area contributed by atoms with E-state index in [0.717, 1.165) is 29.7 Å².